The Morgan fingerprint density at radius 2 is 1.86 bits per heavy atom. The van der Waals surface area contributed by atoms with Gasteiger partial charge in [0, 0.05) is 48.5 Å². The largest absolute Gasteiger partial charge is 0.344 e. The molecule has 0 aliphatic carbocycles. The van der Waals surface area contributed by atoms with E-state index < -0.39 is 0 Å². The zero-order valence-electron chi connectivity index (χ0n) is 20.2. The molecular weight excluding hydrogens is 541 g/mol. The maximum Gasteiger partial charge on any atom is 0.173 e. The Kier molecular flexibility index (Phi) is 9.48. The van der Waals surface area contributed by atoms with Crippen LogP contribution in [0.3, 0.4) is 0 Å². The van der Waals surface area contributed by atoms with Crippen LogP contribution in [0.1, 0.15) is 22.4 Å². The van der Waals surface area contributed by atoms with Crippen LogP contribution in [0.5, 0.6) is 0 Å². The minimum atomic E-state index is 0.512. The highest BCUT2D eigenvalue weighted by atomic mass is 35.5. The van der Waals surface area contributed by atoms with Crippen molar-refractivity contribution in [3.05, 3.63) is 112 Å². The van der Waals surface area contributed by atoms with Gasteiger partial charge in [0.25, 0.3) is 0 Å². The second-order valence-corrected chi connectivity index (χ2v) is 10.4. The SMILES string of the molecule is CSc1ccc(NC(=S)N(CCc2cncn2Cc2ccc(C#N)cc2)Cc2cccc(Cl)c2Cl)cc1. The molecule has 0 aliphatic heterocycles. The van der Waals surface area contributed by atoms with Crippen molar-refractivity contribution in [2.24, 2.45) is 0 Å². The molecule has 0 amide bonds. The monoisotopic (exact) mass is 565 g/mol. The third-order valence-electron chi connectivity index (χ3n) is 5.89. The Morgan fingerprint density at radius 3 is 2.57 bits per heavy atom. The number of nitrogens with one attached hydrogen (secondary N) is 1. The van der Waals surface area contributed by atoms with Gasteiger partial charge in [-0.05, 0) is 72.1 Å². The second kappa shape index (κ2) is 13.0. The number of anilines is 1. The summed E-state index contributed by atoms with van der Waals surface area (Å²) in [6, 6.07) is 23.6. The van der Waals surface area contributed by atoms with Crippen molar-refractivity contribution >= 4 is 58.0 Å². The Bertz CT molecular complexity index is 1400. The zero-order chi connectivity index (χ0) is 26.2. The quantitative estimate of drug-likeness (QED) is 0.170. The van der Waals surface area contributed by atoms with Crippen molar-refractivity contribution in [1.82, 2.24) is 14.5 Å². The molecule has 0 radical (unpaired) electrons. The lowest BCUT2D eigenvalue weighted by atomic mass is 10.1. The molecule has 0 unspecified atom stereocenters. The fourth-order valence-electron chi connectivity index (χ4n) is 3.84. The van der Waals surface area contributed by atoms with Gasteiger partial charge >= 0.3 is 0 Å². The van der Waals surface area contributed by atoms with Gasteiger partial charge in [0.05, 0.1) is 28.0 Å². The molecule has 1 heterocycles. The highest BCUT2D eigenvalue weighted by Gasteiger charge is 2.15. The number of halogens is 2. The molecule has 0 bridgehead atoms. The standard InChI is InChI=1S/C28H25Cl2N5S2/c1-37-25-11-9-23(10-12-25)33-28(36)34(18-22-3-2-4-26(29)27(22)30)14-13-24-16-32-19-35(24)17-21-7-5-20(15-31)6-8-21/h2-12,16,19H,13-14,17-18H2,1H3,(H,33,36). The smallest absolute Gasteiger partial charge is 0.173 e. The van der Waals surface area contributed by atoms with Crippen molar-refractivity contribution in [3.63, 3.8) is 0 Å². The number of rotatable bonds is 9. The van der Waals surface area contributed by atoms with Crippen molar-refractivity contribution in [2.75, 3.05) is 18.1 Å². The number of imidazole rings is 1. The highest BCUT2D eigenvalue weighted by Crippen LogP contribution is 2.27. The lowest BCUT2D eigenvalue weighted by Gasteiger charge is -2.27. The molecule has 9 heteroatoms. The topological polar surface area (TPSA) is 56.9 Å². The third-order valence-corrected chi connectivity index (χ3v) is 7.86. The van der Waals surface area contributed by atoms with E-state index in [1.807, 2.05) is 61.1 Å². The number of hydrogen-bond donors (Lipinski definition) is 1. The summed E-state index contributed by atoms with van der Waals surface area (Å²) in [5, 5.41) is 14.1. The van der Waals surface area contributed by atoms with E-state index in [1.54, 1.807) is 17.8 Å². The molecule has 0 aliphatic rings. The fourth-order valence-corrected chi connectivity index (χ4v) is 4.90. The van der Waals surface area contributed by atoms with E-state index in [4.69, 9.17) is 40.7 Å². The van der Waals surface area contributed by atoms with Gasteiger partial charge in [-0.1, -0.05) is 47.5 Å². The lowest BCUT2D eigenvalue weighted by molar-refractivity contribution is 0.418. The van der Waals surface area contributed by atoms with E-state index in [2.05, 4.69) is 44.2 Å². The summed E-state index contributed by atoms with van der Waals surface area (Å²) in [4.78, 5) is 7.65. The molecule has 1 aromatic heterocycles. The Labute approximate surface area is 237 Å². The minimum Gasteiger partial charge on any atom is -0.344 e. The zero-order valence-corrected chi connectivity index (χ0v) is 23.3. The summed E-state index contributed by atoms with van der Waals surface area (Å²) in [5.41, 5.74) is 4.66. The first-order valence-electron chi connectivity index (χ1n) is 11.6. The normalized spacial score (nSPS) is 10.6. The summed E-state index contributed by atoms with van der Waals surface area (Å²) in [6.07, 6.45) is 6.48. The van der Waals surface area contributed by atoms with Gasteiger partial charge in [0.2, 0.25) is 0 Å². The number of benzene rings is 3. The summed E-state index contributed by atoms with van der Waals surface area (Å²) >= 11 is 20.3. The molecule has 37 heavy (non-hydrogen) atoms. The van der Waals surface area contributed by atoms with E-state index >= 15 is 0 Å². The van der Waals surface area contributed by atoms with Crippen LogP contribution in [0, 0.1) is 11.3 Å². The first-order chi connectivity index (χ1) is 18.0. The number of nitrogens with zero attached hydrogens (tertiary/aromatic N) is 4. The molecule has 188 valence electrons. The molecule has 0 spiro atoms. The molecular formula is C28H25Cl2N5S2. The predicted molar refractivity (Wildman–Crippen MR) is 158 cm³/mol. The van der Waals surface area contributed by atoms with Crippen LogP contribution in [0.25, 0.3) is 0 Å². The van der Waals surface area contributed by atoms with Crippen LogP contribution in [-0.2, 0) is 19.5 Å². The van der Waals surface area contributed by atoms with Crippen LogP contribution in [-0.4, -0.2) is 32.4 Å². The number of nitriles is 1. The van der Waals surface area contributed by atoms with E-state index in [-0.39, 0.29) is 0 Å². The van der Waals surface area contributed by atoms with Crippen molar-refractivity contribution in [1.29, 1.82) is 5.26 Å². The highest BCUT2D eigenvalue weighted by molar-refractivity contribution is 7.98. The molecule has 1 N–H and O–H groups in total. The van der Waals surface area contributed by atoms with E-state index in [0.29, 0.717) is 40.4 Å². The molecule has 0 saturated carbocycles. The Balaban J connectivity index is 1.50. The van der Waals surface area contributed by atoms with E-state index in [0.717, 1.165) is 28.9 Å². The molecule has 4 aromatic rings. The van der Waals surface area contributed by atoms with Crippen molar-refractivity contribution in [2.45, 2.75) is 24.4 Å². The van der Waals surface area contributed by atoms with Crippen LogP contribution >= 0.6 is 47.2 Å². The van der Waals surface area contributed by atoms with Gasteiger partial charge in [-0.2, -0.15) is 5.26 Å². The molecule has 0 fully saturated rings. The Hall–Kier alpha value is -3.02. The van der Waals surface area contributed by atoms with Crippen molar-refractivity contribution in [3.8, 4) is 6.07 Å². The summed E-state index contributed by atoms with van der Waals surface area (Å²) in [7, 11) is 0. The molecule has 0 atom stereocenters. The molecule has 0 saturated heterocycles. The minimum absolute atomic E-state index is 0.512. The summed E-state index contributed by atoms with van der Waals surface area (Å²) in [6.45, 7) is 1.83. The third kappa shape index (κ3) is 7.27. The molecule has 3 aromatic carbocycles. The molecule has 4 rings (SSSR count). The van der Waals surface area contributed by atoms with Gasteiger partial charge in [-0.25, -0.2) is 4.98 Å². The summed E-state index contributed by atoms with van der Waals surface area (Å²) in [5.74, 6) is 0. The van der Waals surface area contributed by atoms with Gasteiger partial charge in [0.1, 0.15) is 0 Å². The first kappa shape index (κ1) is 27.0. The number of thiocarbonyl (C=S) groups is 1. The average molecular weight is 567 g/mol. The number of thioether (sulfide) groups is 1. The van der Waals surface area contributed by atoms with E-state index in [9.17, 15) is 0 Å². The van der Waals surface area contributed by atoms with Gasteiger partial charge in [-0.3, -0.25) is 0 Å². The van der Waals surface area contributed by atoms with Crippen LogP contribution < -0.4 is 5.32 Å². The van der Waals surface area contributed by atoms with Gasteiger partial charge < -0.3 is 14.8 Å². The summed E-state index contributed by atoms with van der Waals surface area (Å²) < 4.78 is 2.11. The van der Waals surface area contributed by atoms with E-state index in [1.165, 1.54) is 4.90 Å². The van der Waals surface area contributed by atoms with Crippen molar-refractivity contribution < 1.29 is 0 Å². The van der Waals surface area contributed by atoms with Gasteiger partial charge in [0.15, 0.2) is 5.11 Å². The lowest BCUT2D eigenvalue weighted by Crippen LogP contribution is -2.36. The average Bonchev–Trinajstić information content (AvgIpc) is 3.36. The predicted octanol–water partition coefficient (Wildman–Crippen LogP) is 7.27. The maximum absolute atomic E-state index is 9.05. The number of aromatic nitrogens is 2. The van der Waals surface area contributed by atoms with Gasteiger partial charge in [-0.15, -0.1) is 11.8 Å². The first-order valence-corrected chi connectivity index (χ1v) is 14.0. The van der Waals surface area contributed by atoms with Crippen LogP contribution in [0.15, 0.2) is 84.1 Å². The van der Waals surface area contributed by atoms with Crippen LogP contribution in [0.2, 0.25) is 10.0 Å². The molecule has 5 nitrogen and oxygen atoms in total. The number of hydrogen-bond acceptors (Lipinski definition) is 4. The fraction of sp³-hybridized carbons (Fsp3) is 0.179. The maximum atomic E-state index is 9.05. The van der Waals surface area contributed by atoms with Crippen LogP contribution in [0.4, 0.5) is 5.69 Å². The Morgan fingerprint density at radius 1 is 1.11 bits per heavy atom. The second-order valence-electron chi connectivity index (χ2n) is 8.36.